The summed E-state index contributed by atoms with van der Waals surface area (Å²) in [4.78, 5) is 0. The van der Waals surface area contributed by atoms with E-state index in [0.29, 0.717) is 5.76 Å². The molecule has 0 radical (unpaired) electrons. The Bertz CT molecular complexity index is 491. The van der Waals surface area contributed by atoms with Crippen LogP contribution in [0.25, 0.3) is 11.1 Å². The number of benzene rings is 1. The van der Waals surface area contributed by atoms with Crippen molar-refractivity contribution in [2.24, 2.45) is 0 Å². The highest BCUT2D eigenvalue weighted by Crippen LogP contribution is 2.24. The Balaban J connectivity index is 2.42. The van der Waals surface area contributed by atoms with Gasteiger partial charge in [-0.3, -0.25) is 0 Å². The van der Waals surface area contributed by atoms with E-state index >= 15 is 0 Å². The lowest BCUT2D eigenvalue weighted by molar-refractivity contribution is 0.282. The van der Waals surface area contributed by atoms with Crippen molar-refractivity contribution in [3.63, 3.8) is 0 Å². The Labute approximate surface area is 87.2 Å². The Morgan fingerprint density at radius 2 is 1.93 bits per heavy atom. The molecule has 0 fully saturated rings. The van der Waals surface area contributed by atoms with E-state index in [-0.39, 0.29) is 6.61 Å². The zero-order chi connectivity index (χ0) is 10.7. The van der Waals surface area contributed by atoms with Crippen LogP contribution < -0.4 is 0 Å². The van der Waals surface area contributed by atoms with E-state index in [9.17, 15) is 0 Å². The molecule has 0 unspecified atom stereocenters. The smallest absolute Gasteiger partial charge is 0.211 e. The van der Waals surface area contributed by atoms with Gasteiger partial charge in [0.05, 0.1) is 12.9 Å². The minimum absolute atomic E-state index is 0.0246. The standard InChI is InChI=1S/C12H9NO2/c13-7-12-11(5-6-15-12)10-3-1-9(8-14)2-4-10/h1-6,14H,8H2. The van der Waals surface area contributed by atoms with Crippen molar-refractivity contribution in [3.8, 4) is 17.2 Å². The van der Waals surface area contributed by atoms with Crippen molar-refractivity contribution in [3.05, 3.63) is 47.9 Å². The zero-order valence-electron chi connectivity index (χ0n) is 7.97. The predicted octanol–water partition coefficient (Wildman–Crippen LogP) is 2.31. The molecule has 1 heterocycles. The van der Waals surface area contributed by atoms with E-state index in [1.54, 1.807) is 6.07 Å². The van der Waals surface area contributed by atoms with E-state index in [4.69, 9.17) is 14.8 Å². The average molecular weight is 199 g/mol. The Morgan fingerprint density at radius 1 is 1.20 bits per heavy atom. The lowest BCUT2D eigenvalue weighted by atomic mass is 10.1. The van der Waals surface area contributed by atoms with Crippen LogP contribution in [0.5, 0.6) is 0 Å². The first-order valence-electron chi connectivity index (χ1n) is 4.53. The molecule has 15 heavy (non-hydrogen) atoms. The molecule has 2 rings (SSSR count). The minimum Gasteiger partial charge on any atom is -0.453 e. The predicted molar refractivity (Wildman–Crippen MR) is 54.8 cm³/mol. The molecule has 3 heteroatoms. The molecular weight excluding hydrogens is 190 g/mol. The molecule has 3 nitrogen and oxygen atoms in total. The molecule has 0 saturated carbocycles. The largest absolute Gasteiger partial charge is 0.453 e. The van der Waals surface area contributed by atoms with Crippen molar-refractivity contribution in [2.75, 3.05) is 0 Å². The van der Waals surface area contributed by atoms with Crippen molar-refractivity contribution in [1.29, 1.82) is 5.26 Å². The molecule has 0 spiro atoms. The molecule has 1 aromatic heterocycles. The first-order chi connectivity index (χ1) is 7.35. The van der Waals surface area contributed by atoms with Crippen LogP contribution in [-0.4, -0.2) is 5.11 Å². The third kappa shape index (κ3) is 1.76. The maximum Gasteiger partial charge on any atom is 0.211 e. The van der Waals surface area contributed by atoms with Gasteiger partial charge >= 0.3 is 0 Å². The molecule has 0 aliphatic carbocycles. The fourth-order valence-corrected chi connectivity index (χ4v) is 1.41. The van der Waals surface area contributed by atoms with Gasteiger partial charge in [0.15, 0.2) is 0 Å². The first kappa shape index (κ1) is 9.50. The van der Waals surface area contributed by atoms with E-state index in [2.05, 4.69) is 0 Å². The SMILES string of the molecule is N#Cc1occc1-c1ccc(CO)cc1. The van der Waals surface area contributed by atoms with E-state index in [1.807, 2.05) is 30.3 Å². The Morgan fingerprint density at radius 3 is 2.53 bits per heavy atom. The summed E-state index contributed by atoms with van der Waals surface area (Å²) in [5, 5.41) is 17.7. The van der Waals surface area contributed by atoms with Crippen molar-refractivity contribution in [2.45, 2.75) is 6.61 Å². The first-order valence-corrected chi connectivity index (χ1v) is 4.53. The molecule has 74 valence electrons. The molecule has 0 atom stereocenters. The van der Waals surface area contributed by atoms with Crippen LogP contribution >= 0.6 is 0 Å². The highest BCUT2D eigenvalue weighted by molar-refractivity contribution is 5.68. The topological polar surface area (TPSA) is 57.2 Å². The monoisotopic (exact) mass is 199 g/mol. The number of hydrogen-bond acceptors (Lipinski definition) is 3. The molecule has 0 saturated heterocycles. The quantitative estimate of drug-likeness (QED) is 0.807. The highest BCUT2D eigenvalue weighted by Gasteiger charge is 2.07. The summed E-state index contributed by atoms with van der Waals surface area (Å²) in [5.41, 5.74) is 2.54. The number of furan rings is 1. The maximum absolute atomic E-state index is 8.89. The third-order valence-electron chi connectivity index (χ3n) is 2.21. The van der Waals surface area contributed by atoms with Gasteiger partial charge in [-0.05, 0) is 17.2 Å². The Kier molecular flexibility index (Phi) is 2.53. The van der Waals surface area contributed by atoms with E-state index < -0.39 is 0 Å². The van der Waals surface area contributed by atoms with Crippen molar-refractivity contribution >= 4 is 0 Å². The van der Waals surface area contributed by atoms with Crippen molar-refractivity contribution < 1.29 is 9.52 Å². The number of hydrogen-bond donors (Lipinski definition) is 1. The fraction of sp³-hybridized carbons (Fsp3) is 0.0833. The van der Waals surface area contributed by atoms with Gasteiger partial charge in [0.25, 0.3) is 0 Å². The average Bonchev–Trinajstić information content (AvgIpc) is 2.77. The van der Waals surface area contributed by atoms with Crippen LogP contribution in [0, 0.1) is 11.3 Å². The van der Waals surface area contributed by atoms with Crippen molar-refractivity contribution in [1.82, 2.24) is 0 Å². The lowest BCUT2D eigenvalue weighted by Crippen LogP contribution is -1.83. The summed E-state index contributed by atoms with van der Waals surface area (Å²) >= 11 is 0. The van der Waals surface area contributed by atoms with Crippen LogP contribution in [0.1, 0.15) is 11.3 Å². The van der Waals surface area contributed by atoms with Gasteiger partial charge in [0.1, 0.15) is 6.07 Å². The summed E-state index contributed by atoms with van der Waals surface area (Å²) in [5.74, 6) is 0.312. The number of aliphatic hydroxyl groups excluding tert-OH is 1. The van der Waals surface area contributed by atoms with E-state index in [0.717, 1.165) is 16.7 Å². The minimum atomic E-state index is 0.0246. The Hall–Kier alpha value is -2.05. The van der Waals surface area contributed by atoms with Gasteiger partial charge in [0, 0.05) is 5.56 Å². The van der Waals surface area contributed by atoms with Crippen LogP contribution in [0.4, 0.5) is 0 Å². The second kappa shape index (κ2) is 3.99. The molecule has 1 N–H and O–H groups in total. The zero-order valence-corrected chi connectivity index (χ0v) is 7.97. The van der Waals surface area contributed by atoms with Crippen LogP contribution in [0.2, 0.25) is 0 Å². The van der Waals surface area contributed by atoms with Gasteiger partial charge in [-0.2, -0.15) is 5.26 Å². The maximum atomic E-state index is 8.89. The summed E-state index contributed by atoms with van der Waals surface area (Å²) in [7, 11) is 0. The molecule has 1 aromatic carbocycles. The molecule has 0 bridgehead atoms. The third-order valence-corrected chi connectivity index (χ3v) is 2.21. The second-order valence-corrected chi connectivity index (χ2v) is 3.13. The second-order valence-electron chi connectivity index (χ2n) is 3.13. The normalized spacial score (nSPS) is 9.87. The number of rotatable bonds is 2. The van der Waals surface area contributed by atoms with Crippen LogP contribution in [-0.2, 0) is 6.61 Å². The molecule has 0 aliphatic heterocycles. The molecule has 0 aliphatic rings. The summed E-state index contributed by atoms with van der Waals surface area (Å²) in [6.45, 7) is 0.0246. The van der Waals surface area contributed by atoms with Gasteiger partial charge < -0.3 is 9.52 Å². The van der Waals surface area contributed by atoms with Gasteiger partial charge in [-0.25, -0.2) is 0 Å². The molecule has 0 amide bonds. The molecule has 2 aromatic rings. The lowest BCUT2D eigenvalue weighted by Gasteiger charge is -1.99. The highest BCUT2D eigenvalue weighted by atomic mass is 16.3. The summed E-state index contributed by atoms with van der Waals surface area (Å²) < 4.78 is 5.01. The summed E-state index contributed by atoms with van der Waals surface area (Å²) in [6.07, 6.45) is 1.49. The summed E-state index contributed by atoms with van der Waals surface area (Å²) in [6, 6.07) is 11.1. The number of aliphatic hydroxyl groups is 1. The van der Waals surface area contributed by atoms with Gasteiger partial charge in [-0.1, -0.05) is 24.3 Å². The van der Waals surface area contributed by atoms with Crippen LogP contribution in [0.3, 0.4) is 0 Å². The van der Waals surface area contributed by atoms with Gasteiger partial charge in [0.2, 0.25) is 5.76 Å². The number of nitrogens with zero attached hydrogens (tertiary/aromatic N) is 1. The van der Waals surface area contributed by atoms with Crippen LogP contribution in [0.15, 0.2) is 41.0 Å². The number of nitriles is 1. The van der Waals surface area contributed by atoms with E-state index in [1.165, 1.54) is 6.26 Å². The molecular formula is C12H9NO2. The van der Waals surface area contributed by atoms with Gasteiger partial charge in [-0.15, -0.1) is 0 Å². The fourth-order valence-electron chi connectivity index (χ4n) is 1.41.